The molecule has 0 atom stereocenters. The maximum Gasteiger partial charge on any atom is 0.417 e. The number of cyclic esters (lactones) is 1. The number of aryl methyl sites for hydroxylation is 2. The third kappa shape index (κ3) is 3.39. The van der Waals surface area contributed by atoms with E-state index in [0.717, 1.165) is 10.5 Å². The summed E-state index contributed by atoms with van der Waals surface area (Å²) < 4.78 is 18.1. The number of imide groups is 1. The lowest BCUT2D eigenvalue weighted by molar-refractivity contribution is -0.138. The lowest BCUT2D eigenvalue weighted by atomic mass is 9.98. The molecule has 0 aromatic heterocycles. The van der Waals surface area contributed by atoms with Crippen molar-refractivity contribution in [2.24, 2.45) is 5.92 Å². The number of likely N-dealkylation sites (tertiary alicyclic amines) is 1. The predicted molar refractivity (Wildman–Crippen MR) is 82.6 cm³/mol. The van der Waals surface area contributed by atoms with Crippen LogP contribution in [0.3, 0.4) is 0 Å². The summed E-state index contributed by atoms with van der Waals surface area (Å²) >= 11 is 0. The van der Waals surface area contributed by atoms with Crippen LogP contribution in [-0.4, -0.2) is 53.9 Å². The van der Waals surface area contributed by atoms with Crippen molar-refractivity contribution in [3.63, 3.8) is 0 Å². The Morgan fingerprint density at radius 1 is 1.33 bits per heavy atom. The summed E-state index contributed by atoms with van der Waals surface area (Å²) in [7, 11) is 0. The highest BCUT2D eigenvalue weighted by molar-refractivity contribution is 5.97. The van der Waals surface area contributed by atoms with Crippen LogP contribution in [0.2, 0.25) is 0 Å². The highest BCUT2D eigenvalue weighted by Crippen LogP contribution is 2.21. The highest BCUT2D eigenvalue weighted by atomic mass is 19.1. The summed E-state index contributed by atoms with van der Waals surface area (Å²) in [6.07, 6.45) is 0.208. The molecule has 0 N–H and O–H groups in total. The van der Waals surface area contributed by atoms with Gasteiger partial charge in [-0.25, -0.2) is 14.1 Å². The minimum Gasteiger partial charge on any atom is -0.439 e. The number of amides is 3. The van der Waals surface area contributed by atoms with Gasteiger partial charge in [0.05, 0.1) is 0 Å². The number of carbonyl (C=O) groups excluding carboxylic acids is 3. The topological polar surface area (TPSA) is 66.9 Å². The molecule has 2 heterocycles. The Bertz CT molecular complexity index is 669. The van der Waals surface area contributed by atoms with Gasteiger partial charge in [0.15, 0.2) is 6.61 Å². The SMILES string of the molecule is Cc1ccc(CCC(=O)N2CC(CN3C(=O)COC3=O)C2)cc1F. The molecule has 0 saturated carbocycles. The van der Waals surface area contributed by atoms with E-state index in [9.17, 15) is 18.8 Å². The maximum absolute atomic E-state index is 13.5. The largest absolute Gasteiger partial charge is 0.439 e. The van der Waals surface area contributed by atoms with Gasteiger partial charge in [0.25, 0.3) is 5.91 Å². The van der Waals surface area contributed by atoms with E-state index in [1.54, 1.807) is 17.9 Å². The van der Waals surface area contributed by atoms with Gasteiger partial charge in [-0.15, -0.1) is 0 Å². The van der Waals surface area contributed by atoms with Crippen molar-refractivity contribution in [3.05, 3.63) is 35.1 Å². The summed E-state index contributed by atoms with van der Waals surface area (Å²) in [6, 6.07) is 5.00. The van der Waals surface area contributed by atoms with E-state index in [1.807, 2.05) is 6.07 Å². The second-order valence-corrected chi connectivity index (χ2v) is 6.31. The molecule has 7 heteroatoms. The van der Waals surface area contributed by atoms with E-state index in [1.165, 1.54) is 6.07 Å². The summed E-state index contributed by atoms with van der Waals surface area (Å²) in [5.41, 5.74) is 1.39. The van der Waals surface area contributed by atoms with Gasteiger partial charge in [-0.05, 0) is 30.5 Å². The van der Waals surface area contributed by atoms with Gasteiger partial charge in [0.1, 0.15) is 5.82 Å². The van der Waals surface area contributed by atoms with Crippen molar-refractivity contribution in [1.29, 1.82) is 0 Å². The average molecular weight is 334 g/mol. The van der Waals surface area contributed by atoms with Crippen LogP contribution < -0.4 is 0 Å². The molecule has 24 heavy (non-hydrogen) atoms. The molecule has 2 saturated heterocycles. The molecule has 0 bridgehead atoms. The first kappa shape index (κ1) is 16.4. The van der Waals surface area contributed by atoms with Crippen LogP contribution in [0.5, 0.6) is 0 Å². The quantitative estimate of drug-likeness (QED) is 0.818. The number of ether oxygens (including phenoxy) is 1. The average Bonchev–Trinajstić information content (AvgIpc) is 2.82. The number of nitrogens with zero attached hydrogens (tertiary/aromatic N) is 2. The molecule has 1 aromatic carbocycles. The van der Waals surface area contributed by atoms with Crippen molar-refractivity contribution >= 4 is 17.9 Å². The minimum absolute atomic E-state index is 0.00237. The molecule has 3 amide bonds. The van der Waals surface area contributed by atoms with Crippen molar-refractivity contribution in [2.45, 2.75) is 19.8 Å². The fourth-order valence-corrected chi connectivity index (χ4v) is 2.91. The van der Waals surface area contributed by atoms with Gasteiger partial charge in [-0.2, -0.15) is 0 Å². The molecule has 0 aliphatic carbocycles. The fraction of sp³-hybridized carbons (Fsp3) is 0.471. The monoisotopic (exact) mass is 334 g/mol. The minimum atomic E-state index is -0.605. The first-order chi connectivity index (χ1) is 11.4. The second-order valence-electron chi connectivity index (χ2n) is 6.31. The lowest BCUT2D eigenvalue weighted by Gasteiger charge is -2.40. The van der Waals surface area contributed by atoms with E-state index in [2.05, 4.69) is 4.74 Å². The number of rotatable bonds is 5. The second kappa shape index (κ2) is 6.59. The van der Waals surface area contributed by atoms with Gasteiger partial charge in [-0.3, -0.25) is 9.59 Å². The van der Waals surface area contributed by atoms with E-state index in [4.69, 9.17) is 0 Å². The maximum atomic E-state index is 13.5. The van der Waals surface area contributed by atoms with E-state index in [-0.39, 0.29) is 30.2 Å². The van der Waals surface area contributed by atoms with Gasteiger partial charge < -0.3 is 9.64 Å². The highest BCUT2D eigenvalue weighted by Gasteiger charge is 2.38. The Balaban J connectivity index is 1.42. The van der Waals surface area contributed by atoms with Gasteiger partial charge in [-0.1, -0.05) is 12.1 Å². The third-order valence-electron chi connectivity index (χ3n) is 4.45. The molecule has 2 fully saturated rings. The van der Waals surface area contributed by atoms with Crippen LogP contribution in [0.25, 0.3) is 0 Å². The van der Waals surface area contributed by atoms with Gasteiger partial charge in [0, 0.05) is 32.0 Å². The fourth-order valence-electron chi connectivity index (χ4n) is 2.91. The zero-order chi connectivity index (χ0) is 17.3. The van der Waals surface area contributed by atoms with E-state index < -0.39 is 6.09 Å². The normalized spacial score (nSPS) is 17.9. The molecule has 2 aliphatic heterocycles. The number of hydrogen-bond donors (Lipinski definition) is 0. The number of halogens is 1. The molecule has 2 aliphatic rings. The molecule has 0 unspecified atom stereocenters. The molecule has 6 nitrogen and oxygen atoms in total. The third-order valence-corrected chi connectivity index (χ3v) is 4.45. The Labute approximate surface area is 139 Å². The van der Waals surface area contributed by atoms with Crippen LogP contribution in [0.15, 0.2) is 18.2 Å². The number of benzene rings is 1. The molecule has 0 radical (unpaired) electrons. The molecule has 0 spiro atoms. The zero-order valence-corrected chi connectivity index (χ0v) is 13.5. The Morgan fingerprint density at radius 2 is 2.08 bits per heavy atom. The lowest BCUT2D eigenvalue weighted by Crippen LogP contribution is -2.54. The molecular formula is C17H19FN2O4. The molecular weight excluding hydrogens is 315 g/mol. The van der Waals surface area contributed by atoms with Crippen LogP contribution >= 0.6 is 0 Å². The smallest absolute Gasteiger partial charge is 0.417 e. The summed E-state index contributed by atoms with van der Waals surface area (Å²) in [5, 5.41) is 0. The van der Waals surface area contributed by atoms with Crippen LogP contribution in [-0.2, 0) is 20.7 Å². The van der Waals surface area contributed by atoms with E-state index in [0.29, 0.717) is 38.0 Å². The van der Waals surface area contributed by atoms with Crippen LogP contribution in [0.4, 0.5) is 9.18 Å². The Morgan fingerprint density at radius 3 is 2.71 bits per heavy atom. The van der Waals surface area contributed by atoms with Crippen LogP contribution in [0.1, 0.15) is 17.5 Å². The van der Waals surface area contributed by atoms with Crippen molar-refractivity contribution in [3.8, 4) is 0 Å². The van der Waals surface area contributed by atoms with Crippen molar-refractivity contribution < 1.29 is 23.5 Å². The summed E-state index contributed by atoms with van der Waals surface area (Å²) in [5.74, 6) is -0.486. The van der Waals surface area contributed by atoms with Gasteiger partial charge >= 0.3 is 6.09 Å². The van der Waals surface area contributed by atoms with E-state index >= 15 is 0 Å². The molecule has 1 aromatic rings. The predicted octanol–water partition coefficient (Wildman–Crippen LogP) is 1.50. The first-order valence-electron chi connectivity index (χ1n) is 7.94. The molecule has 128 valence electrons. The number of carbonyl (C=O) groups is 3. The Hall–Kier alpha value is -2.44. The van der Waals surface area contributed by atoms with Crippen molar-refractivity contribution in [1.82, 2.24) is 9.80 Å². The molecule has 3 rings (SSSR count). The first-order valence-corrected chi connectivity index (χ1v) is 7.94. The Kier molecular flexibility index (Phi) is 4.51. The van der Waals surface area contributed by atoms with Gasteiger partial charge in [0.2, 0.25) is 5.91 Å². The van der Waals surface area contributed by atoms with Crippen molar-refractivity contribution in [2.75, 3.05) is 26.2 Å². The summed E-state index contributed by atoms with van der Waals surface area (Å²) in [4.78, 5) is 37.7. The van der Waals surface area contributed by atoms with Crippen LogP contribution in [0, 0.1) is 18.7 Å². The standard InChI is InChI=1S/C17H19FN2O4/c1-11-2-3-12(6-14(11)18)4-5-15(21)19-7-13(8-19)9-20-16(22)10-24-17(20)23/h2-3,6,13H,4-5,7-10H2,1H3. The number of hydrogen-bond acceptors (Lipinski definition) is 4. The summed E-state index contributed by atoms with van der Waals surface area (Å²) in [6.45, 7) is 2.85. The zero-order valence-electron chi connectivity index (χ0n) is 13.5.